The normalized spacial score (nSPS) is 39.8. The van der Waals surface area contributed by atoms with Crippen LogP contribution in [0, 0.1) is 11.8 Å². The van der Waals surface area contributed by atoms with Crippen molar-refractivity contribution in [3.05, 3.63) is 24.8 Å². The van der Waals surface area contributed by atoms with Crippen LogP contribution in [0.25, 0.3) is 0 Å². The molecular weight excluding hydrogens is 136 g/mol. The van der Waals surface area contributed by atoms with Crippen molar-refractivity contribution in [2.24, 2.45) is 11.8 Å². The van der Waals surface area contributed by atoms with Gasteiger partial charge in [0.2, 0.25) is 0 Å². The van der Waals surface area contributed by atoms with Crippen molar-refractivity contribution in [2.45, 2.75) is 18.9 Å². The van der Waals surface area contributed by atoms with Gasteiger partial charge < -0.3 is 4.74 Å². The summed E-state index contributed by atoms with van der Waals surface area (Å²) in [5.41, 5.74) is 0. The van der Waals surface area contributed by atoms with Crippen LogP contribution in [0.1, 0.15) is 12.8 Å². The van der Waals surface area contributed by atoms with E-state index in [-0.39, 0.29) is 0 Å². The largest absolute Gasteiger partial charge is 0.373 e. The van der Waals surface area contributed by atoms with Gasteiger partial charge in [-0.15, -0.1) is 6.58 Å². The Morgan fingerprint density at radius 1 is 1.36 bits per heavy atom. The summed E-state index contributed by atoms with van der Waals surface area (Å²) in [6.45, 7) is 4.35. The second-order valence-corrected chi connectivity index (χ2v) is 3.38. The third-order valence-corrected chi connectivity index (χ3v) is 2.69. The Morgan fingerprint density at radius 2 is 2.00 bits per heavy atom. The number of fused-ring (bicyclic) bond motifs is 2. The minimum absolute atomic E-state index is 0.480. The zero-order valence-electron chi connectivity index (χ0n) is 6.70. The molecule has 0 radical (unpaired) electrons. The van der Waals surface area contributed by atoms with Crippen molar-refractivity contribution in [2.75, 3.05) is 6.61 Å². The smallest absolute Gasteiger partial charge is 0.0704 e. The SMILES string of the molecule is C=CCOC1[C@H]2C=C[C@H]1CC2. The molecule has 11 heavy (non-hydrogen) atoms. The molecule has 0 heterocycles. The molecule has 0 N–H and O–H groups in total. The highest BCUT2D eigenvalue weighted by Gasteiger charge is 2.37. The molecule has 1 nitrogen and oxygen atoms in total. The molecule has 2 aliphatic rings. The summed E-state index contributed by atoms with van der Waals surface area (Å²) in [7, 11) is 0. The fraction of sp³-hybridized carbons (Fsp3) is 0.600. The zero-order valence-corrected chi connectivity index (χ0v) is 6.70. The molecule has 1 heteroatoms. The first-order valence-corrected chi connectivity index (χ1v) is 4.32. The van der Waals surface area contributed by atoms with Crippen LogP contribution in [0.15, 0.2) is 24.8 Å². The highest BCUT2D eigenvalue weighted by Crippen LogP contribution is 2.40. The molecule has 0 aromatic rings. The average Bonchev–Trinajstić information content (AvgIpc) is 2.59. The predicted octanol–water partition coefficient (Wildman–Crippen LogP) is 2.15. The first-order chi connectivity index (χ1) is 5.42. The van der Waals surface area contributed by atoms with Gasteiger partial charge >= 0.3 is 0 Å². The molecule has 60 valence electrons. The van der Waals surface area contributed by atoms with E-state index >= 15 is 0 Å². The molecule has 2 rings (SSSR count). The first kappa shape index (κ1) is 7.11. The average molecular weight is 150 g/mol. The first-order valence-electron chi connectivity index (χ1n) is 4.32. The van der Waals surface area contributed by atoms with Gasteiger partial charge in [-0.1, -0.05) is 18.2 Å². The Bertz CT molecular complexity index is 169. The number of hydrogen-bond donors (Lipinski definition) is 0. The Kier molecular flexibility index (Phi) is 1.82. The summed E-state index contributed by atoms with van der Waals surface area (Å²) >= 11 is 0. The van der Waals surface area contributed by atoms with E-state index < -0.39 is 0 Å². The van der Waals surface area contributed by atoms with Crippen molar-refractivity contribution in [1.82, 2.24) is 0 Å². The van der Waals surface area contributed by atoms with Gasteiger partial charge in [-0.2, -0.15) is 0 Å². The van der Waals surface area contributed by atoms with Crippen LogP contribution in [0.2, 0.25) is 0 Å². The van der Waals surface area contributed by atoms with Gasteiger partial charge in [0.15, 0.2) is 0 Å². The van der Waals surface area contributed by atoms with Crippen LogP contribution < -0.4 is 0 Å². The second kappa shape index (κ2) is 2.82. The van der Waals surface area contributed by atoms with Gasteiger partial charge in [-0.05, 0) is 12.8 Å². The van der Waals surface area contributed by atoms with Crippen molar-refractivity contribution < 1.29 is 4.74 Å². The summed E-state index contributed by atoms with van der Waals surface area (Å²) in [5.74, 6) is 1.42. The van der Waals surface area contributed by atoms with Gasteiger partial charge in [-0.3, -0.25) is 0 Å². The molecule has 0 unspecified atom stereocenters. The van der Waals surface area contributed by atoms with Crippen LogP contribution in [0.5, 0.6) is 0 Å². The number of rotatable bonds is 3. The fourth-order valence-electron chi connectivity index (χ4n) is 2.15. The molecule has 2 aliphatic carbocycles. The lowest BCUT2D eigenvalue weighted by atomic mass is 10.1. The number of hydrogen-bond acceptors (Lipinski definition) is 1. The predicted molar refractivity (Wildman–Crippen MR) is 45.3 cm³/mol. The minimum atomic E-state index is 0.480. The molecule has 0 amide bonds. The molecular formula is C10H14O. The monoisotopic (exact) mass is 150 g/mol. The highest BCUT2D eigenvalue weighted by molar-refractivity contribution is 5.12. The van der Waals surface area contributed by atoms with Gasteiger partial charge in [0.05, 0.1) is 12.7 Å². The van der Waals surface area contributed by atoms with E-state index in [1.807, 2.05) is 6.08 Å². The second-order valence-electron chi connectivity index (χ2n) is 3.38. The van der Waals surface area contributed by atoms with Gasteiger partial charge in [-0.25, -0.2) is 0 Å². The van der Waals surface area contributed by atoms with Crippen molar-refractivity contribution in [1.29, 1.82) is 0 Å². The minimum Gasteiger partial charge on any atom is -0.373 e. The van der Waals surface area contributed by atoms with Crippen LogP contribution in [-0.2, 0) is 4.74 Å². The summed E-state index contributed by atoms with van der Waals surface area (Å²) in [6, 6.07) is 0. The zero-order chi connectivity index (χ0) is 7.68. The van der Waals surface area contributed by atoms with Crippen LogP contribution >= 0.6 is 0 Å². The summed E-state index contributed by atoms with van der Waals surface area (Å²) in [5, 5.41) is 0. The molecule has 2 atom stereocenters. The molecule has 0 aromatic heterocycles. The highest BCUT2D eigenvalue weighted by atomic mass is 16.5. The van der Waals surface area contributed by atoms with Crippen LogP contribution in [0.3, 0.4) is 0 Å². The van der Waals surface area contributed by atoms with Gasteiger partial charge in [0.1, 0.15) is 0 Å². The maximum absolute atomic E-state index is 5.66. The van der Waals surface area contributed by atoms with E-state index in [1.165, 1.54) is 12.8 Å². The van der Waals surface area contributed by atoms with E-state index in [1.54, 1.807) is 0 Å². The third-order valence-electron chi connectivity index (χ3n) is 2.69. The lowest BCUT2D eigenvalue weighted by molar-refractivity contribution is 0.0478. The maximum Gasteiger partial charge on any atom is 0.0704 e. The summed E-state index contributed by atoms with van der Waals surface area (Å²) in [6.07, 6.45) is 9.57. The van der Waals surface area contributed by atoms with E-state index in [4.69, 9.17) is 4.74 Å². The molecule has 1 saturated carbocycles. The molecule has 2 bridgehead atoms. The van der Waals surface area contributed by atoms with E-state index in [0.717, 1.165) is 0 Å². The summed E-state index contributed by atoms with van der Waals surface area (Å²) < 4.78 is 5.66. The molecule has 0 aromatic carbocycles. The van der Waals surface area contributed by atoms with E-state index in [9.17, 15) is 0 Å². The lowest BCUT2D eigenvalue weighted by Gasteiger charge is -2.14. The Hall–Kier alpha value is -0.560. The number of ether oxygens (including phenoxy) is 1. The fourth-order valence-corrected chi connectivity index (χ4v) is 2.15. The van der Waals surface area contributed by atoms with Crippen molar-refractivity contribution >= 4 is 0 Å². The maximum atomic E-state index is 5.66. The van der Waals surface area contributed by atoms with Gasteiger partial charge in [0.25, 0.3) is 0 Å². The Balaban J connectivity index is 1.92. The molecule has 1 fully saturated rings. The quantitative estimate of drug-likeness (QED) is 0.560. The third kappa shape index (κ3) is 1.14. The molecule has 0 spiro atoms. The Morgan fingerprint density at radius 3 is 2.45 bits per heavy atom. The summed E-state index contributed by atoms with van der Waals surface area (Å²) in [4.78, 5) is 0. The van der Waals surface area contributed by atoms with Crippen molar-refractivity contribution in [3.63, 3.8) is 0 Å². The lowest BCUT2D eigenvalue weighted by Crippen LogP contribution is -2.18. The Labute approximate surface area is 67.7 Å². The van der Waals surface area contributed by atoms with E-state index in [2.05, 4.69) is 18.7 Å². The van der Waals surface area contributed by atoms with Crippen LogP contribution in [-0.4, -0.2) is 12.7 Å². The molecule has 0 aliphatic heterocycles. The van der Waals surface area contributed by atoms with Crippen LogP contribution in [0.4, 0.5) is 0 Å². The molecule has 0 saturated heterocycles. The van der Waals surface area contributed by atoms with Gasteiger partial charge in [0, 0.05) is 11.8 Å². The van der Waals surface area contributed by atoms with Crippen molar-refractivity contribution in [3.8, 4) is 0 Å². The topological polar surface area (TPSA) is 9.23 Å². The standard InChI is InChI=1S/C10H14O/c1-2-7-11-10-8-3-4-9(10)6-5-8/h2-4,8-10H,1,5-7H2/t8-,9-/m0/s1. The van der Waals surface area contributed by atoms with E-state index in [0.29, 0.717) is 24.5 Å².